The van der Waals surface area contributed by atoms with Crippen molar-refractivity contribution in [2.45, 2.75) is 12.2 Å². The van der Waals surface area contributed by atoms with Crippen LogP contribution in [0.5, 0.6) is 0 Å². The van der Waals surface area contributed by atoms with Crippen LogP contribution in [0.2, 0.25) is 0 Å². The first-order valence-corrected chi connectivity index (χ1v) is 14.7. The number of ether oxygens (including phenoxy) is 4. The van der Waals surface area contributed by atoms with Crippen molar-refractivity contribution >= 4 is 46.5 Å². The van der Waals surface area contributed by atoms with Gasteiger partial charge in [-0.2, -0.15) is 0 Å². The quantitative estimate of drug-likeness (QED) is 0.188. The highest BCUT2D eigenvalue weighted by molar-refractivity contribution is 6.18. The van der Waals surface area contributed by atoms with Crippen LogP contribution in [-0.2, 0) is 18.9 Å². The van der Waals surface area contributed by atoms with Crippen molar-refractivity contribution < 1.29 is 37.3 Å². The van der Waals surface area contributed by atoms with Crippen molar-refractivity contribution in [1.29, 1.82) is 0 Å². The summed E-state index contributed by atoms with van der Waals surface area (Å²) in [6, 6.07) is 9.45. The molecule has 0 aromatic heterocycles. The normalized spacial score (nSPS) is 21.8. The first-order valence-electron chi connectivity index (χ1n) is 14.2. The van der Waals surface area contributed by atoms with Gasteiger partial charge in [0, 0.05) is 31.1 Å². The van der Waals surface area contributed by atoms with Crippen LogP contribution in [0, 0.1) is 11.6 Å². The van der Waals surface area contributed by atoms with E-state index in [1.165, 1.54) is 21.9 Å². The minimum atomic E-state index is -0.568. The Bertz CT molecular complexity index is 1390. The molecule has 4 aliphatic rings. The molecule has 4 heterocycles. The van der Waals surface area contributed by atoms with E-state index in [9.17, 15) is 18.4 Å². The number of azide groups is 1. The third-order valence-corrected chi connectivity index (χ3v) is 7.80. The van der Waals surface area contributed by atoms with Gasteiger partial charge in [-0.25, -0.2) is 18.4 Å². The Balaban J connectivity index is 0.000000175. The molecule has 0 unspecified atom stereocenters. The molecule has 13 nitrogen and oxygen atoms in total. The number of benzene rings is 2. The Labute approximate surface area is 257 Å². The maximum absolute atomic E-state index is 14.4. The number of morpholine rings is 2. The molecule has 2 aromatic rings. The van der Waals surface area contributed by atoms with E-state index in [1.807, 2.05) is 9.80 Å². The summed E-state index contributed by atoms with van der Waals surface area (Å²) in [6.45, 7) is 5.56. The molecule has 2 atom stereocenters. The molecular weight excluding hydrogens is 604 g/mol. The van der Waals surface area contributed by atoms with Crippen LogP contribution >= 0.6 is 11.6 Å². The third kappa shape index (κ3) is 7.36. The van der Waals surface area contributed by atoms with E-state index in [2.05, 4.69) is 10.0 Å². The molecule has 0 radical (unpaired) electrons. The summed E-state index contributed by atoms with van der Waals surface area (Å²) in [5.41, 5.74) is 10.2. The number of alkyl halides is 1. The van der Waals surface area contributed by atoms with Crippen LogP contribution in [0.15, 0.2) is 41.5 Å². The number of nitrogens with zero attached hydrogens (tertiary/aromatic N) is 7. The van der Waals surface area contributed by atoms with Crippen LogP contribution in [0.1, 0.15) is 0 Å². The second-order valence-electron chi connectivity index (χ2n) is 10.3. The zero-order valence-electron chi connectivity index (χ0n) is 23.8. The van der Waals surface area contributed by atoms with Gasteiger partial charge in [-0.1, -0.05) is 5.11 Å². The number of amides is 2. The fourth-order valence-electron chi connectivity index (χ4n) is 5.22. The van der Waals surface area contributed by atoms with Gasteiger partial charge in [0.25, 0.3) is 0 Å². The van der Waals surface area contributed by atoms with Gasteiger partial charge < -0.3 is 28.7 Å². The van der Waals surface area contributed by atoms with Crippen molar-refractivity contribution in [3.05, 3.63) is 58.5 Å². The van der Waals surface area contributed by atoms with Gasteiger partial charge in [0.1, 0.15) is 23.8 Å². The number of hydrogen-bond acceptors (Lipinski definition) is 9. The SMILES string of the molecule is O=C1O[C@H](CCl)CN1c1ccc(N2CCOCC2)c(F)c1.[N-]=[N+]=NC[C@@H]1CN(c2ccc(N3CCOCC3)c(F)c2)C(=O)O1. The number of hydrogen-bond donors (Lipinski definition) is 0. The molecule has 236 valence electrons. The molecule has 0 N–H and O–H groups in total. The first-order chi connectivity index (χ1) is 21.4. The molecule has 6 rings (SSSR count). The number of carbonyl (C=O) groups excluding carboxylic acids is 2. The van der Waals surface area contributed by atoms with Crippen molar-refractivity contribution in [3.8, 4) is 0 Å². The van der Waals surface area contributed by atoms with Crippen LogP contribution in [0.25, 0.3) is 10.4 Å². The summed E-state index contributed by atoms with van der Waals surface area (Å²) in [4.78, 5) is 32.8. The second kappa shape index (κ2) is 14.6. The van der Waals surface area contributed by atoms with Gasteiger partial charge in [0.2, 0.25) is 0 Å². The number of anilines is 4. The minimum absolute atomic E-state index is 0.0626. The van der Waals surface area contributed by atoms with Gasteiger partial charge in [0.05, 0.1) is 74.7 Å². The van der Waals surface area contributed by atoms with Crippen molar-refractivity contribution in [2.24, 2.45) is 5.11 Å². The largest absolute Gasteiger partial charge is 0.444 e. The molecular formula is C28H32ClF2N7O6. The summed E-state index contributed by atoms with van der Waals surface area (Å²) >= 11 is 5.69. The maximum atomic E-state index is 14.4. The lowest BCUT2D eigenvalue weighted by atomic mass is 10.2. The lowest BCUT2D eigenvalue weighted by molar-refractivity contribution is 0.122. The molecule has 0 saturated carbocycles. The van der Waals surface area contributed by atoms with Crippen LogP contribution in [-0.4, -0.2) is 103 Å². The highest BCUT2D eigenvalue weighted by Crippen LogP contribution is 2.30. The summed E-state index contributed by atoms with van der Waals surface area (Å²) < 4.78 is 49.4. The van der Waals surface area contributed by atoms with E-state index < -0.39 is 24.1 Å². The molecule has 4 aliphatic heterocycles. The number of rotatable bonds is 7. The third-order valence-electron chi connectivity index (χ3n) is 7.46. The average molecular weight is 636 g/mol. The summed E-state index contributed by atoms with van der Waals surface area (Å²) in [5.74, 6) is -0.511. The van der Waals surface area contributed by atoms with E-state index in [0.717, 1.165) is 0 Å². The molecule has 4 saturated heterocycles. The summed E-state index contributed by atoms with van der Waals surface area (Å²) in [7, 11) is 0. The van der Waals surface area contributed by atoms with Gasteiger partial charge in [-0.15, -0.1) is 11.6 Å². The Morgan fingerprint density at radius 1 is 0.795 bits per heavy atom. The van der Waals surface area contributed by atoms with Crippen LogP contribution < -0.4 is 19.6 Å². The second-order valence-corrected chi connectivity index (χ2v) is 10.6. The number of halogens is 3. The molecule has 0 aliphatic carbocycles. The molecule has 0 bridgehead atoms. The smallest absolute Gasteiger partial charge is 0.414 e. The monoisotopic (exact) mass is 635 g/mol. The van der Waals surface area contributed by atoms with Crippen molar-refractivity contribution in [2.75, 3.05) is 97.7 Å². The molecule has 4 fully saturated rings. The van der Waals surface area contributed by atoms with Gasteiger partial charge in [0.15, 0.2) is 0 Å². The highest BCUT2D eigenvalue weighted by Gasteiger charge is 2.33. The fourth-order valence-corrected chi connectivity index (χ4v) is 5.38. The molecule has 44 heavy (non-hydrogen) atoms. The average Bonchev–Trinajstić information content (AvgIpc) is 3.62. The minimum Gasteiger partial charge on any atom is -0.444 e. The molecule has 0 spiro atoms. The topological polar surface area (TPSA) is 133 Å². The molecule has 16 heteroatoms. The van der Waals surface area contributed by atoms with E-state index >= 15 is 0 Å². The Hall–Kier alpha value is -4.04. The van der Waals surface area contributed by atoms with Crippen LogP contribution in [0.4, 0.5) is 41.1 Å². The van der Waals surface area contributed by atoms with Crippen molar-refractivity contribution in [3.63, 3.8) is 0 Å². The van der Waals surface area contributed by atoms with Gasteiger partial charge >= 0.3 is 12.2 Å². The van der Waals surface area contributed by atoms with E-state index in [1.54, 1.807) is 24.3 Å². The van der Waals surface area contributed by atoms with Gasteiger partial charge in [-0.3, -0.25) is 9.80 Å². The number of cyclic esters (lactones) is 2. The standard InChI is InChI=1S/C14H16ClFN2O3.C14H16FN5O3/c15-8-11-9-18(14(19)21-11)10-1-2-13(12(16)7-10)17-3-5-20-6-4-17;15-12-7-10(1-2-13(12)19-3-5-22-6-4-19)20-9-11(8-17-18-16)23-14(20)21/h1-2,7,11H,3-6,8-9H2;1-2,7,11H,3-6,8-9H2/t2*11-/m11/s1. The fraction of sp³-hybridized carbons (Fsp3) is 0.500. The zero-order chi connectivity index (χ0) is 31.1. The molecule has 2 aromatic carbocycles. The summed E-state index contributed by atoms with van der Waals surface area (Å²) in [5, 5.41) is 3.39. The summed E-state index contributed by atoms with van der Waals surface area (Å²) in [6.07, 6.45) is -1.91. The predicted molar refractivity (Wildman–Crippen MR) is 159 cm³/mol. The lowest BCUT2D eigenvalue weighted by Gasteiger charge is -2.29. The van der Waals surface area contributed by atoms with E-state index in [-0.39, 0.29) is 30.9 Å². The Morgan fingerprint density at radius 2 is 1.25 bits per heavy atom. The number of carbonyl (C=O) groups is 2. The van der Waals surface area contributed by atoms with E-state index in [4.69, 9.17) is 36.1 Å². The zero-order valence-corrected chi connectivity index (χ0v) is 24.6. The maximum Gasteiger partial charge on any atom is 0.414 e. The highest BCUT2D eigenvalue weighted by atomic mass is 35.5. The van der Waals surface area contributed by atoms with E-state index in [0.29, 0.717) is 81.9 Å². The van der Waals surface area contributed by atoms with Gasteiger partial charge in [-0.05, 0) is 41.9 Å². The first kappa shape index (κ1) is 31.4. The Morgan fingerprint density at radius 3 is 1.66 bits per heavy atom. The Kier molecular flexibility index (Phi) is 10.4. The molecule has 2 amide bonds. The van der Waals surface area contributed by atoms with Crippen molar-refractivity contribution in [1.82, 2.24) is 0 Å². The lowest BCUT2D eigenvalue weighted by Crippen LogP contribution is -2.36. The van der Waals surface area contributed by atoms with Crippen LogP contribution in [0.3, 0.4) is 0 Å². The predicted octanol–water partition coefficient (Wildman–Crippen LogP) is 4.52.